The Bertz CT molecular complexity index is 1870. The van der Waals surface area contributed by atoms with Crippen LogP contribution in [-0.4, -0.2) is 101 Å². The van der Waals surface area contributed by atoms with Crippen LogP contribution in [0.2, 0.25) is 0 Å². The minimum atomic E-state index is -1.41. The fraction of sp³-hybridized carbons (Fsp3) is 0.500. The number of nitrogens with zero attached hydrogens (tertiary/aromatic N) is 5. The van der Waals surface area contributed by atoms with Crippen LogP contribution in [0.15, 0.2) is 79.9 Å². The molecule has 6 rings (SSSR count). The van der Waals surface area contributed by atoms with Gasteiger partial charge in [0.2, 0.25) is 17.7 Å². The van der Waals surface area contributed by atoms with Crippen LogP contribution in [0.1, 0.15) is 58.1 Å². The molecule has 2 aromatic carbocycles. The van der Waals surface area contributed by atoms with Gasteiger partial charge >= 0.3 is 5.97 Å². The van der Waals surface area contributed by atoms with Crippen molar-refractivity contribution in [1.82, 2.24) is 30.1 Å². The van der Waals surface area contributed by atoms with Gasteiger partial charge in [0.05, 0.1) is 42.1 Å². The van der Waals surface area contributed by atoms with Gasteiger partial charge in [0.25, 0.3) is 0 Å². The average molecular weight is 806 g/mol. The van der Waals surface area contributed by atoms with Crippen molar-refractivity contribution in [2.24, 2.45) is 17.8 Å². The number of fused-ring (bicyclic) bond motifs is 2. The first-order valence-electron chi connectivity index (χ1n) is 18.5. The molecule has 0 saturated carbocycles. The molecule has 3 aliphatic rings. The van der Waals surface area contributed by atoms with Gasteiger partial charge in [-0.2, -0.15) is 0 Å². The zero-order valence-corrected chi connectivity index (χ0v) is 32.5. The van der Waals surface area contributed by atoms with E-state index < -0.39 is 65.6 Å². The Morgan fingerprint density at radius 3 is 2.54 bits per heavy atom. The van der Waals surface area contributed by atoms with Crippen molar-refractivity contribution in [3.05, 3.63) is 85.5 Å². The van der Waals surface area contributed by atoms with Crippen LogP contribution in [0.3, 0.4) is 0 Å². The number of alkyl halides is 1. The molecule has 2 N–H and O–H groups in total. The summed E-state index contributed by atoms with van der Waals surface area (Å²) in [4.78, 5) is 60.0. The zero-order chi connectivity index (χ0) is 38.7. The molecule has 3 aromatic rings. The molecule has 54 heavy (non-hydrogen) atoms. The van der Waals surface area contributed by atoms with Crippen molar-refractivity contribution in [3.8, 4) is 0 Å². The number of halogens is 1. The molecule has 2 bridgehead atoms. The second-order valence-corrected chi connectivity index (χ2v) is 16.1. The summed E-state index contributed by atoms with van der Waals surface area (Å²) in [6.07, 6.45) is 3.03. The topological polar surface area (TPSA) is 156 Å². The van der Waals surface area contributed by atoms with E-state index in [0.29, 0.717) is 23.9 Å². The number of hydrogen-bond acceptors (Lipinski definition) is 9. The third-order valence-electron chi connectivity index (χ3n) is 10.8. The van der Waals surface area contributed by atoms with Gasteiger partial charge in [-0.25, -0.2) is 4.68 Å². The van der Waals surface area contributed by atoms with Crippen molar-refractivity contribution in [3.63, 3.8) is 0 Å². The Labute approximate surface area is 323 Å². The lowest BCUT2D eigenvalue weighted by molar-refractivity contribution is -0.162. The predicted octanol–water partition coefficient (Wildman–Crippen LogP) is 4.31. The summed E-state index contributed by atoms with van der Waals surface area (Å²) >= 11 is 3.75. The predicted molar refractivity (Wildman–Crippen MR) is 205 cm³/mol. The Morgan fingerprint density at radius 2 is 1.85 bits per heavy atom. The fourth-order valence-electron chi connectivity index (χ4n) is 8.50. The van der Waals surface area contributed by atoms with E-state index >= 15 is 4.79 Å². The highest BCUT2D eigenvalue weighted by Gasteiger charge is 2.77. The Kier molecular flexibility index (Phi) is 12.0. The quantitative estimate of drug-likeness (QED) is 0.115. The van der Waals surface area contributed by atoms with Crippen molar-refractivity contribution in [1.29, 1.82) is 0 Å². The molecule has 1 spiro atoms. The van der Waals surface area contributed by atoms with Gasteiger partial charge in [0, 0.05) is 17.8 Å². The molecule has 0 aliphatic carbocycles. The van der Waals surface area contributed by atoms with Crippen LogP contribution in [0, 0.1) is 17.8 Å². The van der Waals surface area contributed by atoms with E-state index in [1.165, 1.54) is 4.90 Å². The SMILES string of the molecule is C=CCCC(=O)N[C@@H](C)[C@H](OC(=O)[C@H]1[C@@H]2O[C@@]3(CC2Br)[C@@H]1C(=O)N([C@@H](CO)CC(C)C)[C@@H]3C(=O)N(CC=C)Cn1nnc2ccccc21)c1ccccc1. The highest BCUT2D eigenvalue weighted by molar-refractivity contribution is 9.09. The molecular formula is C40H49BrN6O7. The van der Waals surface area contributed by atoms with E-state index in [4.69, 9.17) is 9.47 Å². The number of carbonyl (C=O) groups is 4. The molecular weight excluding hydrogens is 756 g/mol. The molecule has 4 heterocycles. The van der Waals surface area contributed by atoms with Crippen LogP contribution < -0.4 is 5.32 Å². The lowest BCUT2D eigenvalue weighted by Gasteiger charge is -2.39. The van der Waals surface area contributed by atoms with Gasteiger partial charge < -0.3 is 29.7 Å². The van der Waals surface area contributed by atoms with E-state index in [2.05, 4.69) is 44.7 Å². The standard InChI is InChI=1S/C40H49BrN6O7/c1-6-8-18-31(49)42-25(5)34(26-14-10-9-11-15-26)53-39(52)32-33-37(50)47(27(22-48)20-24(3)4)36(40(33)21-28(41)35(32)54-40)38(51)45(19-7-2)23-46-30-17-13-12-16-29(30)43-44-46/h6-7,9-17,24-25,27-28,32-36,48H,1-2,8,18-23H2,3-5H3,(H,42,49)/t25-,27+,28?,32+,33-,34-,35+,36+,40-/m0/s1. The van der Waals surface area contributed by atoms with Gasteiger partial charge in [-0.05, 0) is 49.8 Å². The number of para-hydroxylation sites is 1. The van der Waals surface area contributed by atoms with Gasteiger partial charge in [0.1, 0.15) is 29.9 Å². The molecule has 3 amide bonds. The molecule has 3 saturated heterocycles. The second kappa shape index (κ2) is 16.5. The zero-order valence-electron chi connectivity index (χ0n) is 30.9. The van der Waals surface area contributed by atoms with Gasteiger partial charge in [-0.3, -0.25) is 19.2 Å². The number of nitrogens with one attached hydrogen (secondary N) is 1. The number of esters is 1. The van der Waals surface area contributed by atoms with E-state index in [1.54, 1.807) is 28.7 Å². The van der Waals surface area contributed by atoms with E-state index in [0.717, 1.165) is 5.52 Å². The normalized spacial score (nSPS) is 26.0. The Morgan fingerprint density at radius 1 is 1.13 bits per heavy atom. The van der Waals surface area contributed by atoms with E-state index in [-0.39, 0.29) is 49.3 Å². The molecule has 0 radical (unpaired) electrons. The van der Waals surface area contributed by atoms with E-state index in [9.17, 15) is 19.5 Å². The number of rotatable bonds is 17. The monoisotopic (exact) mass is 804 g/mol. The first-order valence-corrected chi connectivity index (χ1v) is 19.5. The van der Waals surface area contributed by atoms with Gasteiger partial charge in [0.15, 0.2) is 0 Å². The maximum Gasteiger partial charge on any atom is 0.313 e. The summed E-state index contributed by atoms with van der Waals surface area (Å²) in [7, 11) is 0. The number of aliphatic hydroxyl groups excluding tert-OH is 1. The van der Waals surface area contributed by atoms with Crippen LogP contribution in [0.4, 0.5) is 0 Å². The molecule has 14 heteroatoms. The smallest absolute Gasteiger partial charge is 0.313 e. The number of carbonyl (C=O) groups excluding carboxylic acids is 4. The largest absolute Gasteiger partial charge is 0.455 e. The Hall–Kier alpha value is -4.40. The third-order valence-corrected chi connectivity index (χ3v) is 11.6. The van der Waals surface area contributed by atoms with Crippen LogP contribution in [0.5, 0.6) is 0 Å². The highest BCUT2D eigenvalue weighted by atomic mass is 79.9. The second-order valence-electron chi connectivity index (χ2n) is 14.9. The van der Waals surface area contributed by atoms with Crippen molar-refractivity contribution in [2.45, 2.75) is 93.9 Å². The maximum absolute atomic E-state index is 15.1. The highest BCUT2D eigenvalue weighted by Crippen LogP contribution is 2.61. The number of allylic oxidation sites excluding steroid dienone is 1. The summed E-state index contributed by atoms with van der Waals surface area (Å²) < 4.78 is 14.7. The first-order chi connectivity index (χ1) is 25.9. The minimum absolute atomic E-state index is 0.0143. The van der Waals surface area contributed by atoms with Gasteiger partial charge in [-0.1, -0.05) is 89.6 Å². The van der Waals surface area contributed by atoms with E-state index in [1.807, 2.05) is 68.4 Å². The summed E-state index contributed by atoms with van der Waals surface area (Å²) in [5.74, 6) is -3.80. The van der Waals surface area contributed by atoms with Crippen molar-refractivity contribution in [2.75, 3.05) is 13.2 Å². The molecule has 3 aliphatic heterocycles. The van der Waals surface area contributed by atoms with Crippen LogP contribution >= 0.6 is 15.9 Å². The summed E-state index contributed by atoms with van der Waals surface area (Å²) in [5.41, 5.74) is 0.653. The maximum atomic E-state index is 15.1. The third kappa shape index (κ3) is 7.35. The lowest BCUT2D eigenvalue weighted by Crippen LogP contribution is -2.59. The number of benzene rings is 2. The summed E-state index contributed by atoms with van der Waals surface area (Å²) in [6, 6.07) is 14.0. The number of aliphatic hydroxyl groups is 1. The summed E-state index contributed by atoms with van der Waals surface area (Å²) in [6.45, 7) is 13.1. The number of likely N-dealkylation sites (tertiary alicyclic amines) is 1. The fourth-order valence-corrected chi connectivity index (χ4v) is 9.44. The Balaban J connectivity index is 1.37. The molecule has 1 aromatic heterocycles. The average Bonchev–Trinajstić information content (AvgIpc) is 3.88. The molecule has 13 nitrogen and oxygen atoms in total. The van der Waals surface area contributed by atoms with Crippen LogP contribution in [0.25, 0.3) is 11.0 Å². The lowest BCUT2D eigenvalue weighted by atomic mass is 9.70. The molecule has 1 unspecified atom stereocenters. The first kappa shape index (κ1) is 39.3. The number of hydrogen-bond donors (Lipinski definition) is 2. The van der Waals surface area contributed by atoms with Gasteiger partial charge in [-0.15, -0.1) is 18.3 Å². The van der Waals surface area contributed by atoms with Crippen LogP contribution in [-0.2, 0) is 35.3 Å². The number of aromatic nitrogens is 3. The minimum Gasteiger partial charge on any atom is -0.455 e. The number of amides is 3. The molecule has 9 atom stereocenters. The molecule has 288 valence electrons. The molecule has 3 fully saturated rings. The van der Waals surface area contributed by atoms with Crippen molar-refractivity contribution < 1.29 is 33.8 Å². The number of ether oxygens (including phenoxy) is 2. The van der Waals surface area contributed by atoms with Crippen molar-refractivity contribution >= 4 is 50.7 Å². The summed E-state index contributed by atoms with van der Waals surface area (Å²) in [5, 5.41) is 22.3.